The summed E-state index contributed by atoms with van der Waals surface area (Å²) in [6.07, 6.45) is 1.23. The second-order valence-corrected chi connectivity index (χ2v) is 32.4. The van der Waals surface area contributed by atoms with Crippen LogP contribution in [0.5, 0.6) is 17.2 Å². The van der Waals surface area contributed by atoms with Crippen molar-refractivity contribution in [1.82, 2.24) is 14.1 Å². The first-order chi connectivity index (χ1) is 60.4. The zero-order chi connectivity index (χ0) is 88.5. The van der Waals surface area contributed by atoms with Gasteiger partial charge in [-0.3, -0.25) is 28.8 Å². The van der Waals surface area contributed by atoms with E-state index >= 15 is 0 Å². The number of aromatic hydroxyl groups is 1. The van der Waals surface area contributed by atoms with Gasteiger partial charge in [-0.15, -0.1) is 0 Å². The Morgan fingerprint density at radius 3 is 1.22 bits per heavy atom. The molecule has 18 heteroatoms. The number of anilines is 1. The van der Waals surface area contributed by atoms with E-state index in [0.717, 1.165) is 82.8 Å². The molecular formula is C111H111BrK2N4O11. The van der Waals surface area contributed by atoms with Crippen LogP contribution in [0.1, 0.15) is 132 Å². The molecule has 0 spiro atoms. The summed E-state index contributed by atoms with van der Waals surface area (Å²) in [7, 11) is 0. The molecule has 0 saturated heterocycles. The van der Waals surface area contributed by atoms with Gasteiger partial charge in [0.1, 0.15) is 35.9 Å². The van der Waals surface area contributed by atoms with Gasteiger partial charge in [0.2, 0.25) is 5.91 Å². The Balaban J connectivity index is 0.000000232. The molecule has 650 valence electrons. The van der Waals surface area contributed by atoms with Gasteiger partial charge in [0.15, 0.2) is 5.78 Å². The van der Waals surface area contributed by atoms with Crippen LogP contribution in [0.3, 0.4) is 0 Å². The molecule has 0 radical (unpaired) electrons. The number of rotatable bonds is 20. The number of halogens is 1. The molecule has 1 aliphatic rings. The van der Waals surface area contributed by atoms with Gasteiger partial charge in [0.05, 0.1) is 47.4 Å². The molecule has 0 bridgehead atoms. The van der Waals surface area contributed by atoms with Crippen molar-refractivity contribution in [2.24, 2.45) is 5.41 Å². The van der Waals surface area contributed by atoms with Crippen LogP contribution >= 0.6 is 15.9 Å². The number of nitrogens with one attached hydrogen (secondary N) is 1. The van der Waals surface area contributed by atoms with Gasteiger partial charge >= 0.3 is 103 Å². The number of aromatic amines is 1. The topological polar surface area (TPSA) is 202 Å². The molecule has 0 unspecified atom stereocenters. The van der Waals surface area contributed by atoms with E-state index in [9.17, 15) is 29.1 Å². The van der Waals surface area contributed by atoms with Crippen molar-refractivity contribution in [2.45, 2.75) is 135 Å². The number of benzene rings is 13. The van der Waals surface area contributed by atoms with Crippen LogP contribution in [-0.4, -0.2) is 37.4 Å². The maximum absolute atomic E-state index is 14.5. The van der Waals surface area contributed by atoms with Crippen LogP contribution in [-0.2, 0) is 71.9 Å². The molecule has 15 nitrogen and oxygen atoms in total. The average Bonchev–Trinajstić information content (AvgIpc) is 0.734. The molecule has 2 N–H and O–H groups in total. The summed E-state index contributed by atoms with van der Waals surface area (Å²) in [6, 6.07) is 108. The van der Waals surface area contributed by atoms with Crippen LogP contribution in [0.4, 0.5) is 5.69 Å². The van der Waals surface area contributed by atoms with E-state index in [4.69, 9.17) is 19.5 Å². The third kappa shape index (κ3) is 28.4. The number of carbonyl (C=O) groups is 3. The summed E-state index contributed by atoms with van der Waals surface area (Å²) < 4.78 is 16.2. The van der Waals surface area contributed by atoms with Gasteiger partial charge in [0, 0.05) is 45.6 Å². The third-order valence-corrected chi connectivity index (χ3v) is 22.6. The Morgan fingerprint density at radius 1 is 0.411 bits per heavy atom. The molecule has 1 amide bonds. The monoisotopic (exact) mass is 1830 g/mol. The summed E-state index contributed by atoms with van der Waals surface area (Å²) in [5, 5.41) is 21.3. The zero-order valence-corrected chi connectivity index (χ0v) is 81.7. The van der Waals surface area contributed by atoms with E-state index in [1.807, 2.05) is 139 Å². The van der Waals surface area contributed by atoms with Crippen LogP contribution in [0.25, 0.3) is 32.7 Å². The Labute approximate surface area is 852 Å². The molecule has 0 aliphatic carbocycles. The van der Waals surface area contributed by atoms with Crippen molar-refractivity contribution in [1.29, 1.82) is 0 Å². The first kappa shape index (κ1) is 104. The van der Waals surface area contributed by atoms with Gasteiger partial charge in [-0.1, -0.05) is 348 Å². The number of ketones is 1. The predicted molar refractivity (Wildman–Crippen MR) is 519 cm³/mol. The normalized spacial score (nSPS) is 11.3. The Bertz CT molecular complexity index is 6510. The number of fused-ring (bicyclic) bond motifs is 4. The van der Waals surface area contributed by atoms with Crippen molar-refractivity contribution in [2.75, 3.05) is 4.90 Å². The number of hydrogen-bond acceptors (Lipinski definition) is 11. The smallest absolute Gasteiger partial charge is 1.00 e. The number of aromatic nitrogens is 3. The van der Waals surface area contributed by atoms with Gasteiger partial charge in [-0.05, 0) is 174 Å². The van der Waals surface area contributed by atoms with E-state index in [-0.39, 0.29) is 160 Å². The molecule has 16 aromatic rings. The molecular weight excluding hydrogens is 1720 g/mol. The fraction of sp³-hybridized carbons (Fsp3) is 0.189. The summed E-state index contributed by atoms with van der Waals surface area (Å²) >= 11 is 3.38. The molecule has 4 heterocycles. The molecule has 0 saturated carbocycles. The number of carbonyl (C=O) groups excluding carboxylic acids is 3. The van der Waals surface area contributed by atoms with E-state index in [1.165, 1.54) is 50.6 Å². The molecule has 129 heavy (non-hydrogen) atoms. The summed E-state index contributed by atoms with van der Waals surface area (Å²) in [6.45, 7) is 20.7. The maximum Gasteiger partial charge on any atom is 1.00 e. The minimum absolute atomic E-state index is 0. The fourth-order valence-corrected chi connectivity index (χ4v) is 15.2. The SMILES string of the molecule is C.C.Cc1ccc(CBr)cc1.Cc1ccc(CN2C(=O)C(Cc3ccc(C)cc3)(Cc3ccc(C)cc3)C(=O)c3ccccc32)cc1.Cc1ccc(COc2c(Cc3ccc(C)cc3)c(=O)n(Cc3ccc(C)cc3)c3ccccc23)cc1.Cc1ccc(COc2cc(=O)n(Cc3ccc(C)cc3)c3ccccc23)cc1.O=CO[O-].O=c1cc(O)c2ccccc2[nH]1.[H-].[K+].[K+]. The minimum Gasteiger partial charge on any atom is -1.00 e. The van der Waals surface area contributed by atoms with Gasteiger partial charge in [-0.25, -0.2) is 0 Å². The van der Waals surface area contributed by atoms with E-state index in [1.54, 1.807) is 34.9 Å². The Morgan fingerprint density at radius 2 is 0.767 bits per heavy atom. The van der Waals surface area contributed by atoms with Gasteiger partial charge < -0.3 is 45.2 Å². The second-order valence-electron chi connectivity index (χ2n) is 31.9. The second kappa shape index (κ2) is 50.4. The number of para-hydroxylation sites is 4. The van der Waals surface area contributed by atoms with Crippen LogP contribution in [0, 0.1) is 67.7 Å². The largest absolute Gasteiger partial charge is 1.00 e. The van der Waals surface area contributed by atoms with Crippen LogP contribution < -0.4 is 139 Å². The number of pyridine rings is 3. The van der Waals surface area contributed by atoms with Crippen molar-refractivity contribution < 1.29 is 143 Å². The average molecular weight is 1840 g/mol. The molecule has 13 aromatic carbocycles. The van der Waals surface area contributed by atoms with Crippen molar-refractivity contribution in [3.63, 3.8) is 0 Å². The number of Topliss-reactive ketones (excluding diaryl/α,β-unsaturated/α-hetero) is 1. The predicted octanol–water partition coefficient (Wildman–Crippen LogP) is 17.2. The third-order valence-electron chi connectivity index (χ3n) is 21.9. The number of aryl methyl sites for hydroxylation is 9. The summed E-state index contributed by atoms with van der Waals surface area (Å²) in [5.41, 5.74) is 23.5. The standard InChI is InChI=1S/2C33H31NO2.C25H23NO2.C9H7NO2.C8H9Br.CH2O3.2CH4.2K.H/c1-23-8-14-26(15-9-23)20-30-32(36-22-28-18-12-25(3)13-19-28)29-6-4-5-7-31(29)34(33(30)35)21-27-16-10-24(2)11-17-27;1-23-8-14-26(15-9-23)20-33(21-27-16-10-24(2)11-17-27)31(35)29-6-4-5-7-30(29)34(32(33)36)22-28-18-12-25(3)13-19-28;1-18-7-11-20(12-8-18)16-26-23-6-4-3-5-22(23)24(15-25(26)27)28-17-21-13-9-19(2)10-14-21;11-8-5-9(12)10-7-4-2-1-3-6(7)8;1-7-2-4-8(6-9)5-3-7;2-1-4-3;;;;;/h2*4-19H,20-22H2,1-3H3;3-15H,16-17H2,1-2H3;1-5H,(H2,10,11,12);2-5H,6H2,1H3;1,3H;2*1H4;;;/q;;;;;;;;2*+1;-1/p-1. The summed E-state index contributed by atoms with van der Waals surface area (Å²) in [5.74, 6) is 1.10. The number of amides is 1. The number of ether oxygens (including phenoxy) is 2. The van der Waals surface area contributed by atoms with E-state index in [2.05, 4.69) is 250 Å². The molecule has 0 fully saturated rings. The molecule has 17 rings (SSSR count). The number of nitrogens with zero attached hydrogens (tertiary/aromatic N) is 3. The van der Waals surface area contributed by atoms with Crippen molar-refractivity contribution in [3.05, 3.63) is 470 Å². The Hall–Kier alpha value is -10.8. The fourth-order valence-electron chi connectivity index (χ4n) is 14.8. The van der Waals surface area contributed by atoms with Gasteiger partial charge in [0.25, 0.3) is 23.2 Å². The van der Waals surface area contributed by atoms with Crippen molar-refractivity contribution in [3.8, 4) is 17.2 Å². The van der Waals surface area contributed by atoms with E-state index in [0.29, 0.717) is 91.3 Å². The van der Waals surface area contributed by atoms with Crippen LogP contribution in [0.2, 0.25) is 0 Å². The number of alkyl halides is 1. The number of H-pyrrole nitrogens is 1. The zero-order valence-electron chi connectivity index (χ0n) is 74.9. The van der Waals surface area contributed by atoms with Crippen LogP contribution in [0.15, 0.2) is 342 Å². The minimum atomic E-state index is -1.22. The first-order valence-corrected chi connectivity index (χ1v) is 42.6. The molecule has 3 aromatic heterocycles. The molecule has 0 atom stereocenters. The summed E-state index contributed by atoms with van der Waals surface area (Å²) in [4.78, 5) is 82.4. The van der Waals surface area contributed by atoms with Gasteiger partial charge in [-0.2, -0.15) is 0 Å². The molecule has 1 aliphatic heterocycles. The maximum atomic E-state index is 14.5. The quantitative estimate of drug-likeness (QED) is 0.0184. The van der Waals surface area contributed by atoms with E-state index < -0.39 is 5.41 Å². The Kier molecular flexibility index (Phi) is 40.5. The first-order valence-electron chi connectivity index (χ1n) is 41.5. The number of hydrogen-bond donors (Lipinski definition) is 2. The van der Waals surface area contributed by atoms with Crippen molar-refractivity contribution >= 4 is 72.5 Å².